The topological polar surface area (TPSA) is 35.6 Å². The van der Waals surface area contributed by atoms with Crippen LogP contribution in [0.5, 0.6) is 0 Å². The fourth-order valence-electron chi connectivity index (χ4n) is 2.81. The van der Waals surface area contributed by atoms with Crippen LogP contribution in [0.15, 0.2) is 0 Å². The Morgan fingerprint density at radius 2 is 1.95 bits per heavy atom. The molecule has 0 aromatic carbocycles. The van der Waals surface area contributed by atoms with Crippen molar-refractivity contribution in [3.8, 4) is 0 Å². The van der Waals surface area contributed by atoms with Crippen LogP contribution < -0.4 is 5.32 Å². The number of carbonyl (C=O) groups excluding carboxylic acids is 1. The molecule has 1 N–H and O–H groups in total. The number of likely N-dealkylation sites (N-methyl/N-ethyl adjacent to an activating group) is 1. The minimum atomic E-state index is 0.272. The van der Waals surface area contributed by atoms with Gasteiger partial charge in [-0.2, -0.15) is 0 Å². The summed E-state index contributed by atoms with van der Waals surface area (Å²) in [5.41, 5.74) is 0. The molecule has 1 aliphatic heterocycles. The first kappa shape index (κ1) is 16.4. The van der Waals surface area contributed by atoms with Crippen molar-refractivity contribution in [1.82, 2.24) is 15.1 Å². The lowest BCUT2D eigenvalue weighted by molar-refractivity contribution is -0.132. The molecule has 19 heavy (non-hydrogen) atoms. The normalized spacial score (nSPS) is 19.7. The van der Waals surface area contributed by atoms with Gasteiger partial charge >= 0.3 is 0 Å². The smallest absolute Gasteiger partial charge is 0.236 e. The van der Waals surface area contributed by atoms with E-state index in [4.69, 9.17) is 0 Å². The van der Waals surface area contributed by atoms with Crippen molar-refractivity contribution in [3.63, 3.8) is 0 Å². The van der Waals surface area contributed by atoms with E-state index in [1.165, 1.54) is 19.3 Å². The average Bonchev–Trinajstić information content (AvgIpc) is 2.41. The Morgan fingerprint density at radius 3 is 2.47 bits per heavy atom. The molecule has 1 heterocycles. The first-order valence-corrected chi connectivity index (χ1v) is 7.94. The molecular formula is C15H31N3O. The first-order valence-electron chi connectivity index (χ1n) is 7.94. The van der Waals surface area contributed by atoms with E-state index in [1.54, 1.807) is 0 Å². The number of hydrogen-bond donors (Lipinski definition) is 1. The van der Waals surface area contributed by atoms with Gasteiger partial charge in [-0.1, -0.05) is 13.3 Å². The molecule has 1 fully saturated rings. The van der Waals surface area contributed by atoms with E-state index in [1.807, 2.05) is 18.7 Å². The summed E-state index contributed by atoms with van der Waals surface area (Å²) in [6.45, 7) is 11.7. The number of rotatable bonds is 8. The van der Waals surface area contributed by atoms with Gasteiger partial charge in [0.05, 0.1) is 6.54 Å². The third kappa shape index (κ3) is 5.91. The van der Waals surface area contributed by atoms with Crippen molar-refractivity contribution in [2.45, 2.75) is 52.5 Å². The second-order valence-corrected chi connectivity index (χ2v) is 5.45. The predicted octanol–water partition coefficient (Wildman–Crippen LogP) is 1.71. The van der Waals surface area contributed by atoms with Crippen LogP contribution in [-0.4, -0.2) is 61.0 Å². The highest BCUT2D eigenvalue weighted by atomic mass is 16.2. The van der Waals surface area contributed by atoms with Gasteiger partial charge in [0.15, 0.2) is 0 Å². The number of hydrogen-bond acceptors (Lipinski definition) is 3. The van der Waals surface area contributed by atoms with E-state index >= 15 is 0 Å². The summed E-state index contributed by atoms with van der Waals surface area (Å²) in [4.78, 5) is 16.4. The van der Waals surface area contributed by atoms with Gasteiger partial charge in [0.2, 0.25) is 5.91 Å². The third-order valence-electron chi connectivity index (χ3n) is 3.91. The molecule has 0 radical (unpaired) electrons. The van der Waals surface area contributed by atoms with Gasteiger partial charge in [0.25, 0.3) is 0 Å². The molecule has 1 atom stereocenters. The molecule has 0 spiro atoms. The number of nitrogens with one attached hydrogen (secondary N) is 1. The SMILES string of the molecule is CCCN(CC(=O)N(CC)CC)CC1CCCCN1. The van der Waals surface area contributed by atoms with Crippen molar-refractivity contribution in [2.75, 3.05) is 39.3 Å². The summed E-state index contributed by atoms with van der Waals surface area (Å²) in [5, 5.41) is 3.57. The Hall–Kier alpha value is -0.610. The molecule has 1 amide bonds. The maximum absolute atomic E-state index is 12.2. The maximum Gasteiger partial charge on any atom is 0.236 e. The minimum absolute atomic E-state index is 0.272. The Kier molecular flexibility index (Phi) is 8.07. The summed E-state index contributed by atoms with van der Waals surface area (Å²) >= 11 is 0. The molecule has 0 aliphatic carbocycles. The third-order valence-corrected chi connectivity index (χ3v) is 3.91. The van der Waals surface area contributed by atoms with E-state index in [2.05, 4.69) is 17.1 Å². The molecule has 0 bridgehead atoms. The van der Waals surface area contributed by atoms with Crippen LogP contribution in [0.2, 0.25) is 0 Å². The average molecular weight is 269 g/mol. The van der Waals surface area contributed by atoms with Gasteiger partial charge in [-0.15, -0.1) is 0 Å². The zero-order valence-corrected chi connectivity index (χ0v) is 13.0. The van der Waals surface area contributed by atoms with Crippen LogP contribution in [0.1, 0.15) is 46.5 Å². The number of nitrogens with zero attached hydrogens (tertiary/aromatic N) is 2. The number of piperidine rings is 1. The fraction of sp³-hybridized carbons (Fsp3) is 0.933. The van der Waals surface area contributed by atoms with Crippen molar-refractivity contribution >= 4 is 5.91 Å². The Bertz CT molecular complexity index is 248. The van der Waals surface area contributed by atoms with Gasteiger partial charge < -0.3 is 10.2 Å². The van der Waals surface area contributed by atoms with Gasteiger partial charge in [0.1, 0.15) is 0 Å². The van der Waals surface area contributed by atoms with E-state index in [0.29, 0.717) is 12.6 Å². The van der Waals surface area contributed by atoms with Crippen LogP contribution in [-0.2, 0) is 4.79 Å². The minimum Gasteiger partial charge on any atom is -0.342 e. The summed E-state index contributed by atoms with van der Waals surface area (Å²) in [6, 6.07) is 0.574. The molecular weight excluding hydrogens is 238 g/mol. The van der Waals surface area contributed by atoms with Crippen LogP contribution in [0.4, 0.5) is 0 Å². The molecule has 1 aliphatic rings. The largest absolute Gasteiger partial charge is 0.342 e. The molecule has 1 unspecified atom stereocenters. The van der Waals surface area contributed by atoms with E-state index < -0.39 is 0 Å². The number of amides is 1. The lowest BCUT2D eigenvalue weighted by Gasteiger charge is -2.31. The van der Waals surface area contributed by atoms with Crippen molar-refractivity contribution in [3.05, 3.63) is 0 Å². The predicted molar refractivity (Wildman–Crippen MR) is 80.3 cm³/mol. The summed E-state index contributed by atoms with van der Waals surface area (Å²) in [6.07, 6.45) is 4.97. The van der Waals surface area contributed by atoms with Gasteiger partial charge in [-0.25, -0.2) is 0 Å². The van der Waals surface area contributed by atoms with Crippen LogP contribution >= 0.6 is 0 Å². The lowest BCUT2D eigenvalue weighted by atomic mass is 10.0. The van der Waals surface area contributed by atoms with E-state index in [-0.39, 0.29) is 5.91 Å². The summed E-state index contributed by atoms with van der Waals surface area (Å²) in [7, 11) is 0. The van der Waals surface area contributed by atoms with Gasteiger partial charge in [0, 0.05) is 25.7 Å². The monoisotopic (exact) mass is 269 g/mol. The maximum atomic E-state index is 12.2. The highest BCUT2D eigenvalue weighted by molar-refractivity contribution is 5.78. The van der Waals surface area contributed by atoms with Crippen molar-refractivity contribution < 1.29 is 4.79 Å². The highest BCUT2D eigenvalue weighted by Crippen LogP contribution is 2.09. The molecule has 1 rings (SSSR count). The zero-order valence-electron chi connectivity index (χ0n) is 13.0. The lowest BCUT2D eigenvalue weighted by Crippen LogP contribution is -2.47. The summed E-state index contributed by atoms with van der Waals surface area (Å²) in [5.74, 6) is 0.272. The Morgan fingerprint density at radius 1 is 1.21 bits per heavy atom. The highest BCUT2D eigenvalue weighted by Gasteiger charge is 2.19. The Labute approximate surface area is 118 Å². The molecule has 0 aromatic heterocycles. The standard InChI is InChI=1S/C15H31N3O/c1-4-11-17(12-14-9-7-8-10-16-14)13-15(19)18(5-2)6-3/h14,16H,4-13H2,1-3H3. The van der Waals surface area contributed by atoms with Crippen LogP contribution in [0.25, 0.3) is 0 Å². The van der Waals surface area contributed by atoms with Crippen LogP contribution in [0.3, 0.4) is 0 Å². The van der Waals surface area contributed by atoms with Crippen molar-refractivity contribution in [2.24, 2.45) is 0 Å². The van der Waals surface area contributed by atoms with Crippen LogP contribution in [0, 0.1) is 0 Å². The summed E-state index contributed by atoms with van der Waals surface area (Å²) < 4.78 is 0. The van der Waals surface area contributed by atoms with Gasteiger partial charge in [-0.05, 0) is 46.2 Å². The second kappa shape index (κ2) is 9.32. The van der Waals surface area contributed by atoms with E-state index in [9.17, 15) is 4.79 Å². The van der Waals surface area contributed by atoms with Crippen molar-refractivity contribution in [1.29, 1.82) is 0 Å². The molecule has 112 valence electrons. The quantitative estimate of drug-likeness (QED) is 0.728. The molecule has 4 heteroatoms. The number of carbonyl (C=O) groups is 1. The zero-order chi connectivity index (χ0) is 14.1. The molecule has 4 nitrogen and oxygen atoms in total. The Balaban J connectivity index is 2.44. The van der Waals surface area contributed by atoms with E-state index in [0.717, 1.165) is 39.1 Å². The molecule has 1 saturated heterocycles. The molecule has 0 aromatic rings. The molecule has 0 saturated carbocycles. The fourth-order valence-corrected chi connectivity index (χ4v) is 2.81. The first-order chi connectivity index (χ1) is 9.21. The second-order valence-electron chi connectivity index (χ2n) is 5.45. The van der Waals surface area contributed by atoms with Gasteiger partial charge in [-0.3, -0.25) is 9.69 Å².